The number of nitrogens with two attached hydrogens (primary N) is 1. The first-order chi connectivity index (χ1) is 9.56. The van der Waals surface area contributed by atoms with E-state index in [1.54, 1.807) is 4.68 Å². The number of hydrogen-bond donors (Lipinski definition) is 3. The summed E-state index contributed by atoms with van der Waals surface area (Å²) in [7, 11) is 1.88. The summed E-state index contributed by atoms with van der Waals surface area (Å²) >= 11 is 0. The minimum Gasteiger partial charge on any atom is -0.395 e. The molecule has 1 aromatic rings. The van der Waals surface area contributed by atoms with Gasteiger partial charge in [-0.1, -0.05) is 19.3 Å². The van der Waals surface area contributed by atoms with E-state index in [9.17, 15) is 5.11 Å². The summed E-state index contributed by atoms with van der Waals surface area (Å²) in [6.45, 7) is 2.53. The molecule has 0 unspecified atom stereocenters. The maximum Gasteiger partial charge on any atom is 0.138 e. The third-order valence-corrected chi connectivity index (χ3v) is 4.09. The van der Waals surface area contributed by atoms with Gasteiger partial charge < -0.3 is 15.7 Å². The van der Waals surface area contributed by atoms with E-state index >= 15 is 0 Å². The van der Waals surface area contributed by atoms with Crippen LogP contribution in [0.5, 0.6) is 0 Å². The number of nitrogen functional groups attached to an aromatic ring is 1. The van der Waals surface area contributed by atoms with Crippen LogP contribution < -0.4 is 10.6 Å². The van der Waals surface area contributed by atoms with E-state index < -0.39 is 0 Å². The lowest BCUT2D eigenvalue weighted by Gasteiger charge is -2.36. The number of nitrogens with one attached hydrogen (secondary N) is 1. The average Bonchev–Trinajstić information content (AvgIpc) is 2.71. The van der Waals surface area contributed by atoms with Crippen LogP contribution in [-0.4, -0.2) is 39.9 Å². The van der Waals surface area contributed by atoms with Crippen molar-refractivity contribution >= 4 is 11.7 Å². The number of rotatable bonds is 5. The van der Waals surface area contributed by atoms with Gasteiger partial charge in [-0.25, -0.2) is 0 Å². The van der Waals surface area contributed by atoms with Gasteiger partial charge >= 0.3 is 0 Å². The summed E-state index contributed by atoms with van der Waals surface area (Å²) in [5.74, 6) is 0.917. The lowest BCUT2D eigenvalue weighted by molar-refractivity contribution is 0.288. The van der Waals surface area contributed by atoms with E-state index in [0.29, 0.717) is 18.2 Å². The summed E-state index contributed by atoms with van der Waals surface area (Å²) in [6, 6.07) is 0.406. The van der Waals surface area contributed by atoms with Crippen LogP contribution in [-0.2, 0) is 7.05 Å². The quantitative estimate of drug-likeness (QED) is 0.557. The van der Waals surface area contributed by atoms with Crippen LogP contribution in [0.3, 0.4) is 0 Å². The monoisotopic (exact) mass is 279 g/mol. The third kappa shape index (κ3) is 2.80. The van der Waals surface area contributed by atoms with Gasteiger partial charge in [-0.2, -0.15) is 5.10 Å². The van der Waals surface area contributed by atoms with Crippen molar-refractivity contribution in [2.24, 2.45) is 12.8 Å². The Hall–Kier alpha value is -1.56. The molecule has 6 heteroatoms. The molecule has 0 radical (unpaired) electrons. The van der Waals surface area contributed by atoms with Gasteiger partial charge in [-0.05, 0) is 19.8 Å². The fraction of sp³-hybridized carbons (Fsp3) is 0.714. The van der Waals surface area contributed by atoms with Crippen LogP contribution in [0.2, 0.25) is 0 Å². The highest BCUT2D eigenvalue weighted by molar-refractivity contribution is 6.01. The van der Waals surface area contributed by atoms with E-state index in [2.05, 4.69) is 10.00 Å². The number of aliphatic hydroxyl groups is 1. The molecule has 0 bridgehead atoms. The smallest absolute Gasteiger partial charge is 0.138 e. The Labute approximate surface area is 120 Å². The van der Waals surface area contributed by atoms with E-state index in [1.807, 2.05) is 14.0 Å². The minimum atomic E-state index is 0.0457. The summed E-state index contributed by atoms with van der Waals surface area (Å²) < 4.78 is 1.79. The molecule has 2 rings (SSSR count). The van der Waals surface area contributed by atoms with E-state index in [0.717, 1.165) is 24.4 Å². The number of nitrogens with zero attached hydrogens (tertiary/aromatic N) is 3. The van der Waals surface area contributed by atoms with Gasteiger partial charge in [0.05, 0.1) is 17.9 Å². The molecule has 1 saturated carbocycles. The summed E-state index contributed by atoms with van der Waals surface area (Å²) in [4.78, 5) is 2.19. The molecule has 0 amide bonds. The molecule has 20 heavy (non-hydrogen) atoms. The van der Waals surface area contributed by atoms with Crippen molar-refractivity contribution in [3.05, 3.63) is 11.3 Å². The van der Waals surface area contributed by atoms with Gasteiger partial charge in [-0.3, -0.25) is 10.1 Å². The van der Waals surface area contributed by atoms with Crippen molar-refractivity contribution in [1.29, 1.82) is 5.41 Å². The fourth-order valence-corrected chi connectivity index (χ4v) is 3.25. The Kier molecular flexibility index (Phi) is 4.65. The van der Waals surface area contributed by atoms with Crippen molar-refractivity contribution in [3.8, 4) is 0 Å². The Morgan fingerprint density at radius 1 is 1.45 bits per heavy atom. The van der Waals surface area contributed by atoms with Crippen LogP contribution in [0.15, 0.2) is 0 Å². The third-order valence-electron chi connectivity index (χ3n) is 4.09. The van der Waals surface area contributed by atoms with E-state index in [-0.39, 0.29) is 12.4 Å². The zero-order valence-corrected chi connectivity index (χ0v) is 12.4. The van der Waals surface area contributed by atoms with Gasteiger partial charge in [0.25, 0.3) is 0 Å². The van der Waals surface area contributed by atoms with Crippen molar-refractivity contribution < 1.29 is 5.11 Å². The number of aryl methyl sites for hydroxylation is 2. The molecule has 0 spiro atoms. The molecule has 0 atom stereocenters. The highest BCUT2D eigenvalue weighted by atomic mass is 16.3. The molecule has 6 nitrogen and oxygen atoms in total. The van der Waals surface area contributed by atoms with Crippen molar-refractivity contribution in [2.75, 3.05) is 18.1 Å². The number of amidine groups is 1. The second kappa shape index (κ2) is 6.26. The fourth-order valence-electron chi connectivity index (χ4n) is 3.25. The SMILES string of the molecule is Cc1nn(C)c(N(CCO)C2CCCCC2)c1C(=N)N. The highest BCUT2D eigenvalue weighted by Gasteiger charge is 2.27. The maximum absolute atomic E-state index is 9.40. The topological polar surface area (TPSA) is 91.2 Å². The van der Waals surface area contributed by atoms with Crippen LogP contribution in [0, 0.1) is 12.3 Å². The zero-order valence-electron chi connectivity index (χ0n) is 12.4. The predicted molar refractivity (Wildman–Crippen MR) is 80.3 cm³/mol. The number of aliphatic hydroxyl groups excluding tert-OH is 1. The Balaban J connectivity index is 2.40. The van der Waals surface area contributed by atoms with Crippen LogP contribution in [0.1, 0.15) is 43.4 Å². The molecule has 0 saturated heterocycles. The molecule has 1 aliphatic rings. The lowest BCUT2D eigenvalue weighted by Crippen LogP contribution is -2.41. The molecular formula is C14H25N5O. The molecule has 1 fully saturated rings. The predicted octanol–water partition coefficient (Wildman–Crippen LogP) is 1.14. The van der Waals surface area contributed by atoms with E-state index in [1.165, 1.54) is 19.3 Å². The van der Waals surface area contributed by atoms with Gasteiger partial charge in [0.1, 0.15) is 11.7 Å². The van der Waals surface area contributed by atoms with Crippen molar-refractivity contribution in [2.45, 2.75) is 45.1 Å². The van der Waals surface area contributed by atoms with Crippen LogP contribution in [0.25, 0.3) is 0 Å². The highest BCUT2D eigenvalue weighted by Crippen LogP contribution is 2.30. The van der Waals surface area contributed by atoms with Gasteiger partial charge in [0.2, 0.25) is 0 Å². The zero-order chi connectivity index (χ0) is 14.7. The summed E-state index contributed by atoms with van der Waals surface area (Å²) in [5.41, 5.74) is 7.21. The lowest BCUT2D eigenvalue weighted by atomic mass is 9.94. The molecule has 1 aliphatic carbocycles. The Morgan fingerprint density at radius 2 is 2.10 bits per heavy atom. The summed E-state index contributed by atoms with van der Waals surface area (Å²) in [6.07, 6.45) is 5.98. The van der Waals surface area contributed by atoms with Crippen molar-refractivity contribution in [1.82, 2.24) is 9.78 Å². The largest absolute Gasteiger partial charge is 0.395 e. The standard InChI is InChI=1S/C14H25N5O/c1-10-12(13(15)16)14(18(2)17-10)19(8-9-20)11-6-4-3-5-7-11/h11,20H,3-9H2,1-2H3,(H3,15,16). The first-order valence-corrected chi connectivity index (χ1v) is 7.31. The van der Waals surface area contributed by atoms with Crippen molar-refractivity contribution in [3.63, 3.8) is 0 Å². The summed E-state index contributed by atoms with van der Waals surface area (Å²) in [5, 5.41) is 21.6. The van der Waals surface area contributed by atoms with Gasteiger partial charge in [-0.15, -0.1) is 0 Å². The number of hydrogen-bond acceptors (Lipinski definition) is 4. The Morgan fingerprint density at radius 3 is 2.65 bits per heavy atom. The number of aromatic nitrogens is 2. The molecule has 112 valence electrons. The molecule has 0 aliphatic heterocycles. The molecular weight excluding hydrogens is 254 g/mol. The molecule has 0 aromatic carbocycles. The molecule has 1 aromatic heterocycles. The van der Waals surface area contributed by atoms with Gasteiger partial charge in [0, 0.05) is 19.6 Å². The number of anilines is 1. The maximum atomic E-state index is 9.40. The second-order valence-corrected chi connectivity index (χ2v) is 5.53. The van der Waals surface area contributed by atoms with Crippen LogP contribution >= 0.6 is 0 Å². The second-order valence-electron chi connectivity index (χ2n) is 5.53. The van der Waals surface area contributed by atoms with E-state index in [4.69, 9.17) is 11.1 Å². The normalized spacial score (nSPS) is 16.4. The minimum absolute atomic E-state index is 0.0457. The van der Waals surface area contributed by atoms with Crippen LogP contribution in [0.4, 0.5) is 5.82 Å². The van der Waals surface area contributed by atoms with Gasteiger partial charge in [0.15, 0.2) is 0 Å². The Bertz CT molecular complexity index is 476. The molecule has 1 heterocycles. The first-order valence-electron chi connectivity index (χ1n) is 7.31. The first kappa shape index (κ1) is 14.8. The molecule has 4 N–H and O–H groups in total. The average molecular weight is 279 g/mol.